The SMILES string of the molecule is c1cnc2nc(CC3CCCNC3)[nH]c2c1. The van der Waals surface area contributed by atoms with E-state index < -0.39 is 0 Å². The third-order valence-electron chi connectivity index (χ3n) is 3.19. The first kappa shape index (κ1) is 9.78. The molecule has 0 spiro atoms. The predicted molar refractivity (Wildman–Crippen MR) is 63.2 cm³/mol. The first-order chi connectivity index (χ1) is 7.92. The van der Waals surface area contributed by atoms with Gasteiger partial charge in [-0.1, -0.05) is 0 Å². The van der Waals surface area contributed by atoms with E-state index in [1.165, 1.54) is 12.8 Å². The number of H-pyrrole nitrogens is 1. The maximum absolute atomic E-state index is 4.51. The number of imidazole rings is 1. The van der Waals surface area contributed by atoms with E-state index in [-0.39, 0.29) is 0 Å². The monoisotopic (exact) mass is 216 g/mol. The zero-order valence-corrected chi connectivity index (χ0v) is 9.24. The molecule has 1 fully saturated rings. The molecule has 84 valence electrons. The molecule has 4 nitrogen and oxygen atoms in total. The Hall–Kier alpha value is -1.42. The number of piperidine rings is 1. The summed E-state index contributed by atoms with van der Waals surface area (Å²) in [5.41, 5.74) is 1.88. The number of nitrogens with one attached hydrogen (secondary N) is 2. The van der Waals surface area contributed by atoms with E-state index >= 15 is 0 Å². The smallest absolute Gasteiger partial charge is 0.177 e. The van der Waals surface area contributed by atoms with Crippen LogP contribution in [0.15, 0.2) is 18.3 Å². The van der Waals surface area contributed by atoms with Crippen LogP contribution in [0.3, 0.4) is 0 Å². The Morgan fingerprint density at radius 3 is 3.25 bits per heavy atom. The summed E-state index contributed by atoms with van der Waals surface area (Å²) >= 11 is 0. The number of hydrogen-bond acceptors (Lipinski definition) is 3. The number of hydrogen-bond donors (Lipinski definition) is 2. The maximum Gasteiger partial charge on any atom is 0.177 e. The van der Waals surface area contributed by atoms with Crippen LogP contribution in [0.25, 0.3) is 11.2 Å². The lowest BCUT2D eigenvalue weighted by Crippen LogP contribution is -2.31. The number of aromatic nitrogens is 3. The Bertz CT molecular complexity index is 438. The average Bonchev–Trinajstić information content (AvgIpc) is 2.72. The molecule has 1 aliphatic heterocycles. The predicted octanol–water partition coefficient (Wildman–Crippen LogP) is 1.50. The van der Waals surface area contributed by atoms with Crippen LogP contribution < -0.4 is 5.32 Å². The lowest BCUT2D eigenvalue weighted by atomic mass is 9.96. The molecule has 1 unspecified atom stereocenters. The van der Waals surface area contributed by atoms with Crippen molar-refractivity contribution in [3.8, 4) is 0 Å². The van der Waals surface area contributed by atoms with Gasteiger partial charge in [-0.3, -0.25) is 0 Å². The summed E-state index contributed by atoms with van der Waals surface area (Å²) < 4.78 is 0. The van der Waals surface area contributed by atoms with E-state index in [1.807, 2.05) is 12.1 Å². The van der Waals surface area contributed by atoms with Gasteiger partial charge in [-0.05, 0) is 44.0 Å². The van der Waals surface area contributed by atoms with Gasteiger partial charge in [0.25, 0.3) is 0 Å². The van der Waals surface area contributed by atoms with Crippen molar-refractivity contribution in [3.63, 3.8) is 0 Å². The van der Waals surface area contributed by atoms with Crippen molar-refractivity contribution in [1.82, 2.24) is 20.3 Å². The summed E-state index contributed by atoms with van der Waals surface area (Å²) in [5.74, 6) is 1.79. The summed E-state index contributed by atoms with van der Waals surface area (Å²) in [6.07, 6.45) is 5.40. The summed E-state index contributed by atoms with van der Waals surface area (Å²) in [7, 11) is 0. The molecule has 2 N–H and O–H groups in total. The second-order valence-corrected chi connectivity index (χ2v) is 4.47. The zero-order chi connectivity index (χ0) is 10.8. The molecule has 4 heteroatoms. The summed E-state index contributed by atoms with van der Waals surface area (Å²) in [4.78, 5) is 12.1. The van der Waals surface area contributed by atoms with Gasteiger partial charge >= 0.3 is 0 Å². The highest BCUT2D eigenvalue weighted by Gasteiger charge is 2.15. The second-order valence-electron chi connectivity index (χ2n) is 4.47. The highest BCUT2D eigenvalue weighted by Crippen LogP contribution is 2.16. The quantitative estimate of drug-likeness (QED) is 0.800. The van der Waals surface area contributed by atoms with Gasteiger partial charge in [0.2, 0.25) is 0 Å². The van der Waals surface area contributed by atoms with E-state index in [1.54, 1.807) is 6.20 Å². The first-order valence-electron chi connectivity index (χ1n) is 5.92. The molecule has 1 saturated heterocycles. The van der Waals surface area contributed by atoms with Crippen LogP contribution in [0.5, 0.6) is 0 Å². The van der Waals surface area contributed by atoms with E-state index in [9.17, 15) is 0 Å². The van der Waals surface area contributed by atoms with E-state index in [0.717, 1.165) is 36.5 Å². The van der Waals surface area contributed by atoms with Gasteiger partial charge in [0.05, 0.1) is 5.52 Å². The molecule has 0 aromatic carbocycles. The zero-order valence-electron chi connectivity index (χ0n) is 9.24. The molecule has 16 heavy (non-hydrogen) atoms. The van der Waals surface area contributed by atoms with Crippen LogP contribution >= 0.6 is 0 Å². The van der Waals surface area contributed by atoms with Crippen LogP contribution in [0.1, 0.15) is 18.7 Å². The Balaban J connectivity index is 1.78. The van der Waals surface area contributed by atoms with Gasteiger partial charge in [0.1, 0.15) is 5.82 Å². The Morgan fingerprint density at radius 2 is 2.44 bits per heavy atom. The fourth-order valence-corrected chi connectivity index (χ4v) is 2.36. The number of nitrogens with zero attached hydrogens (tertiary/aromatic N) is 2. The Morgan fingerprint density at radius 1 is 1.44 bits per heavy atom. The van der Waals surface area contributed by atoms with Crippen molar-refractivity contribution >= 4 is 11.2 Å². The summed E-state index contributed by atoms with van der Waals surface area (Å²) in [6.45, 7) is 2.28. The fraction of sp³-hybridized carbons (Fsp3) is 0.500. The first-order valence-corrected chi connectivity index (χ1v) is 5.92. The van der Waals surface area contributed by atoms with Gasteiger partial charge in [0, 0.05) is 12.6 Å². The molecule has 2 aromatic heterocycles. The third-order valence-corrected chi connectivity index (χ3v) is 3.19. The number of pyridine rings is 1. The van der Waals surface area contributed by atoms with E-state index in [0.29, 0.717) is 5.92 Å². The van der Waals surface area contributed by atoms with Crippen molar-refractivity contribution < 1.29 is 0 Å². The molecule has 3 heterocycles. The Labute approximate surface area is 94.5 Å². The van der Waals surface area contributed by atoms with Gasteiger partial charge in [0.15, 0.2) is 5.65 Å². The summed E-state index contributed by atoms with van der Waals surface area (Å²) in [5, 5.41) is 3.43. The van der Waals surface area contributed by atoms with Crippen molar-refractivity contribution in [2.45, 2.75) is 19.3 Å². The van der Waals surface area contributed by atoms with Gasteiger partial charge in [-0.2, -0.15) is 0 Å². The largest absolute Gasteiger partial charge is 0.341 e. The minimum absolute atomic E-state index is 0.717. The van der Waals surface area contributed by atoms with E-state index in [4.69, 9.17) is 0 Å². The second kappa shape index (κ2) is 4.22. The van der Waals surface area contributed by atoms with Crippen molar-refractivity contribution in [3.05, 3.63) is 24.2 Å². The molecule has 0 saturated carbocycles. The number of rotatable bonds is 2. The molecular weight excluding hydrogens is 200 g/mol. The van der Waals surface area contributed by atoms with Crippen LogP contribution in [0.4, 0.5) is 0 Å². The van der Waals surface area contributed by atoms with Crippen LogP contribution in [0.2, 0.25) is 0 Å². The third kappa shape index (κ3) is 1.93. The average molecular weight is 216 g/mol. The maximum atomic E-state index is 4.51. The van der Waals surface area contributed by atoms with Crippen molar-refractivity contribution in [1.29, 1.82) is 0 Å². The van der Waals surface area contributed by atoms with Crippen molar-refractivity contribution in [2.75, 3.05) is 13.1 Å². The minimum Gasteiger partial charge on any atom is -0.341 e. The highest BCUT2D eigenvalue weighted by molar-refractivity contribution is 5.69. The molecule has 1 atom stereocenters. The van der Waals surface area contributed by atoms with Gasteiger partial charge in [-0.25, -0.2) is 9.97 Å². The lowest BCUT2D eigenvalue weighted by molar-refractivity contribution is 0.371. The standard InChI is InChI=1S/C12H16N4/c1-3-9(8-13-5-1)7-11-15-10-4-2-6-14-12(10)16-11/h2,4,6,9,13H,1,3,5,7-8H2,(H,14,15,16). The van der Waals surface area contributed by atoms with Gasteiger partial charge < -0.3 is 10.3 Å². The van der Waals surface area contributed by atoms with Crippen LogP contribution in [-0.2, 0) is 6.42 Å². The molecule has 0 amide bonds. The molecular formula is C12H16N4. The molecule has 0 bridgehead atoms. The normalized spacial score (nSPS) is 21.4. The Kier molecular flexibility index (Phi) is 2.58. The van der Waals surface area contributed by atoms with Crippen LogP contribution in [0, 0.1) is 5.92 Å². The number of aromatic amines is 1. The molecule has 0 radical (unpaired) electrons. The van der Waals surface area contributed by atoms with Crippen molar-refractivity contribution in [2.24, 2.45) is 5.92 Å². The fourth-order valence-electron chi connectivity index (χ4n) is 2.36. The molecule has 2 aromatic rings. The summed E-state index contributed by atoms with van der Waals surface area (Å²) in [6, 6.07) is 3.96. The molecule has 3 rings (SSSR count). The molecule has 1 aliphatic rings. The van der Waals surface area contributed by atoms with E-state index in [2.05, 4.69) is 20.3 Å². The highest BCUT2D eigenvalue weighted by atomic mass is 15.0. The lowest BCUT2D eigenvalue weighted by Gasteiger charge is -2.21. The van der Waals surface area contributed by atoms with Crippen LogP contribution in [-0.4, -0.2) is 28.0 Å². The topological polar surface area (TPSA) is 53.6 Å². The molecule has 0 aliphatic carbocycles. The minimum atomic E-state index is 0.717. The van der Waals surface area contributed by atoms with Gasteiger partial charge in [-0.15, -0.1) is 0 Å². The number of fused-ring (bicyclic) bond motifs is 1.